The van der Waals surface area contributed by atoms with Crippen molar-refractivity contribution >= 4 is 17.4 Å². The van der Waals surface area contributed by atoms with Gasteiger partial charge in [-0.1, -0.05) is 30.3 Å². The van der Waals surface area contributed by atoms with Crippen LogP contribution in [0.15, 0.2) is 60.7 Å². The van der Waals surface area contributed by atoms with E-state index in [1.54, 1.807) is 30.0 Å². The Morgan fingerprint density at radius 1 is 1.00 bits per heavy atom. The Kier molecular flexibility index (Phi) is 5.74. The first-order valence-corrected chi connectivity index (χ1v) is 9.87. The molecule has 2 aromatic carbocycles. The van der Waals surface area contributed by atoms with E-state index in [-0.39, 0.29) is 17.2 Å². The van der Waals surface area contributed by atoms with Crippen LogP contribution < -0.4 is 9.64 Å². The summed E-state index contributed by atoms with van der Waals surface area (Å²) in [4.78, 5) is 36.1. The fourth-order valence-corrected chi connectivity index (χ4v) is 3.47. The highest BCUT2D eigenvalue weighted by atomic mass is 16.6. The molecule has 0 bridgehead atoms. The quantitative estimate of drug-likeness (QED) is 0.461. The van der Waals surface area contributed by atoms with Gasteiger partial charge in [0.15, 0.2) is 0 Å². The number of rotatable bonds is 5. The van der Waals surface area contributed by atoms with Crippen molar-refractivity contribution in [2.45, 2.75) is 6.92 Å². The van der Waals surface area contributed by atoms with Gasteiger partial charge in [0.1, 0.15) is 23.0 Å². The third-order valence-corrected chi connectivity index (χ3v) is 4.99. The normalized spacial score (nSPS) is 13.7. The number of hydrogen-bond donors (Lipinski definition) is 0. The molecule has 0 aliphatic carbocycles. The van der Waals surface area contributed by atoms with Crippen LogP contribution in [0, 0.1) is 17.0 Å². The van der Waals surface area contributed by atoms with Crippen LogP contribution in [0.2, 0.25) is 0 Å². The highest BCUT2D eigenvalue weighted by Gasteiger charge is 2.27. The number of hydrogen-bond acceptors (Lipinski definition) is 7. The van der Waals surface area contributed by atoms with Gasteiger partial charge in [-0.15, -0.1) is 0 Å². The number of para-hydroxylation sites is 2. The van der Waals surface area contributed by atoms with E-state index in [0.717, 1.165) is 5.82 Å². The molecule has 0 atom stereocenters. The number of benzene rings is 2. The number of aromatic nitrogens is 2. The third-order valence-electron chi connectivity index (χ3n) is 4.99. The Bertz CT molecular complexity index is 1100. The monoisotopic (exact) mass is 419 g/mol. The van der Waals surface area contributed by atoms with Gasteiger partial charge < -0.3 is 14.5 Å². The third kappa shape index (κ3) is 4.61. The molecule has 1 fully saturated rings. The van der Waals surface area contributed by atoms with Crippen molar-refractivity contribution < 1.29 is 14.5 Å². The maximum Gasteiger partial charge on any atom is 0.282 e. The average Bonchev–Trinajstić information content (AvgIpc) is 2.79. The van der Waals surface area contributed by atoms with Crippen molar-refractivity contribution in [1.29, 1.82) is 0 Å². The molecule has 0 radical (unpaired) electrons. The van der Waals surface area contributed by atoms with E-state index in [1.807, 2.05) is 30.3 Å². The minimum Gasteiger partial charge on any atom is -0.439 e. The summed E-state index contributed by atoms with van der Waals surface area (Å²) in [5.74, 6) is 2.11. The van der Waals surface area contributed by atoms with Gasteiger partial charge in [0.25, 0.3) is 11.6 Å². The number of piperazine rings is 1. The van der Waals surface area contributed by atoms with E-state index >= 15 is 0 Å². The predicted octanol–water partition coefficient (Wildman–Crippen LogP) is 3.45. The second-order valence-corrected chi connectivity index (χ2v) is 7.08. The number of carbonyl (C=O) groups excluding carboxylic acids is 1. The Labute approximate surface area is 179 Å². The Morgan fingerprint density at radius 2 is 1.68 bits per heavy atom. The van der Waals surface area contributed by atoms with E-state index in [0.29, 0.717) is 43.6 Å². The van der Waals surface area contributed by atoms with E-state index in [1.165, 1.54) is 12.1 Å². The summed E-state index contributed by atoms with van der Waals surface area (Å²) in [6.45, 7) is 3.77. The van der Waals surface area contributed by atoms with Crippen LogP contribution in [0.25, 0.3) is 0 Å². The van der Waals surface area contributed by atoms with Crippen molar-refractivity contribution in [2.24, 2.45) is 0 Å². The lowest BCUT2D eigenvalue weighted by Gasteiger charge is -2.35. The second kappa shape index (κ2) is 8.78. The number of nitro benzene ring substituents is 1. The minimum atomic E-state index is -0.526. The number of nitrogens with zero attached hydrogens (tertiary/aromatic N) is 5. The predicted molar refractivity (Wildman–Crippen MR) is 114 cm³/mol. The lowest BCUT2D eigenvalue weighted by atomic mass is 10.1. The Balaban J connectivity index is 1.45. The summed E-state index contributed by atoms with van der Waals surface area (Å²) in [7, 11) is 0. The molecule has 31 heavy (non-hydrogen) atoms. The van der Waals surface area contributed by atoms with Gasteiger partial charge in [-0.25, -0.2) is 4.98 Å². The van der Waals surface area contributed by atoms with Crippen molar-refractivity contribution in [3.8, 4) is 11.6 Å². The molecule has 0 N–H and O–H groups in total. The summed E-state index contributed by atoms with van der Waals surface area (Å²) in [5, 5.41) is 11.2. The molecule has 1 aromatic heterocycles. The number of carbonyl (C=O) groups is 1. The van der Waals surface area contributed by atoms with E-state index in [4.69, 9.17) is 4.74 Å². The van der Waals surface area contributed by atoms with Crippen LogP contribution in [0.3, 0.4) is 0 Å². The van der Waals surface area contributed by atoms with Crippen LogP contribution >= 0.6 is 0 Å². The molecule has 2 heterocycles. The molecule has 1 aliphatic heterocycles. The molecule has 158 valence electrons. The fourth-order valence-electron chi connectivity index (χ4n) is 3.47. The zero-order valence-electron chi connectivity index (χ0n) is 17.0. The van der Waals surface area contributed by atoms with Crippen LogP contribution in [0.1, 0.15) is 16.2 Å². The maximum absolute atomic E-state index is 12.8. The van der Waals surface area contributed by atoms with Gasteiger partial charge in [0.2, 0.25) is 5.88 Å². The number of aryl methyl sites for hydroxylation is 1. The molecule has 9 nitrogen and oxygen atoms in total. The van der Waals surface area contributed by atoms with Crippen LogP contribution in [-0.2, 0) is 0 Å². The van der Waals surface area contributed by atoms with Gasteiger partial charge in [-0.3, -0.25) is 14.9 Å². The van der Waals surface area contributed by atoms with Crippen molar-refractivity contribution in [2.75, 3.05) is 31.1 Å². The second-order valence-electron chi connectivity index (χ2n) is 7.08. The summed E-state index contributed by atoms with van der Waals surface area (Å²) in [6, 6.07) is 17.2. The number of anilines is 1. The molecule has 9 heteroatoms. The molecule has 0 spiro atoms. The van der Waals surface area contributed by atoms with E-state index in [2.05, 4.69) is 14.9 Å². The van der Waals surface area contributed by atoms with Crippen molar-refractivity contribution in [3.05, 3.63) is 82.2 Å². The highest BCUT2D eigenvalue weighted by Crippen LogP contribution is 2.25. The first-order valence-electron chi connectivity index (χ1n) is 9.87. The van der Waals surface area contributed by atoms with E-state index < -0.39 is 4.92 Å². The number of ether oxygens (including phenoxy) is 1. The van der Waals surface area contributed by atoms with Crippen molar-refractivity contribution in [1.82, 2.24) is 14.9 Å². The Morgan fingerprint density at radius 3 is 2.39 bits per heavy atom. The molecule has 1 aliphatic rings. The standard InChI is InChI=1S/C22H21N5O4/c1-16-23-20(15-21(24-16)31-17-7-3-2-4-8-17)25-11-13-26(14-12-25)22(28)18-9-5-6-10-19(18)27(29)30/h2-10,15H,11-14H2,1H3. The fraction of sp³-hybridized carbons (Fsp3) is 0.227. The highest BCUT2D eigenvalue weighted by molar-refractivity contribution is 5.98. The average molecular weight is 419 g/mol. The lowest BCUT2D eigenvalue weighted by Crippen LogP contribution is -2.49. The molecule has 0 unspecified atom stereocenters. The summed E-state index contributed by atoms with van der Waals surface area (Å²) in [6.07, 6.45) is 0. The molecule has 0 saturated carbocycles. The first kappa shape index (κ1) is 20.3. The molecule has 1 saturated heterocycles. The zero-order valence-corrected chi connectivity index (χ0v) is 17.0. The molecule has 3 aromatic rings. The molecule has 4 rings (SSSR count). The van der Waals surface area contributed by atoms with Gasteiger partial charge in [0, 0.05) is 38.3 Å². The summed E-state index contributed by atoms with van der Waals surface area (Å²) < 4.78 is 5.84. The minimum absolute atomic E-state index is 0.109. The summed E-state index contributed by atoms with van der Waals surface area (Å²) in [5.41, 5.74) is -0.0681. The van der Waals surface area contributed by atoms with E-state index in [9.17, 15) is 14.9 Å². The van der Waals surface area contributed by atoms with Gasteiger partial charge >= 0.3 is 0 Å². The maximum atomic E-state index is 12.8. The first-order chi connectivity index (χ1) is 15.0. The largest absolute Gasteiger partial charge is 0.439 e. The van der Waals surface area contributed by atoms with Gasteiger partial charge in [-0.2, -0.15) is 4.98 Å². The van der Waals surface area contributed by atoms with Crippen LogP contribution in [0.4, 0.5) is 11.5 Å². The zero-order chi connectivity index (χ0) is 21.8. The topological polar surface area (TPSA) is 102 Å². The number of amides is 1. The molecule has 1 amide bonds. The number of nitro groups is 1. The van der Waals surface area contributed by atoms with Crippen molar-refractivity contribution in [3.63, 3.8) is 0 Å². The lowest BCUT2D eigenvalue weighted by molar-refractivity contribution is -0.385. The summed E-state index contributed by atoms with van der Waals surface area (Å²) >= 11 is 0. The SMILES string of the molecule is Cc1nc(Oc2ccccc2)cc(N2CCN(C(=O)c3ccccc3[N+](=O)[O-])CC2)n1. The van der Waals surface area contributed by atoms with Crippen LogP contribution in [0.5, 0.6) is 11.6 Å². The Hall–Kier alpha value is -4.01. The smallest absolute Gasteiger partial charge is 0.282 e. The molecular weight excluding hydrogens is 398 g/mol. The molecular formula is C22H21N5O4. The van der Waals surface area contributed by atoms with Gasteiger partial charge in [-0.05, 0) is 25.1 Å². The van der Waals surface area contributed by atoms with Crippen LogP contribution in [-0.4, -0.2) is 51.9 Å². The van der Waals surface area contributed by atoms with Gasteiger partial charge in [0.05, 0.1) is 4.92 Å².